The smallest absolute Gasteiger partial charge is 0.145 e. The molecule has 0 unspecified atom stereocenters. The lowest BCUT2D eigenvalue weighted by atomic mass is 9.78. The van der Waals surface area contributed by atoms with Crippen molar-refractivity contribution < 1.29 is 20.4 Å². The van der Waals surface area contributed by atoms with E-state index < -0.39 is 11.2 Å². The van der Waals surface area contributed by atoms with Gasteiger partial charge in [-0.05, 0) is 55.9 Å². The minimum absolute atomic E-state index is 0.144. The van der Waals surface area contributed by atoms with Gasteiger partial charge < -0.3 is 20.4 Å². The molecule has 4 nitrogen and oxygen atoms in total. The monoisotopic (exact) mass is 646 g/mol. The van der Waals surface area contributed by atoms with Gasteiger partial charge in [0.05, 0.1) is 0 Å². The van der Waals surface area contributed by atoms with Gasteiger partial charge in [0.15, 0.2) is 0 Å². The fourth-order valence-corrected chi connectivity index (χ4v) is 8.74. The minimum Gasteiger partial charge on any atom is -0.507 e. The van der Waals surface area contributed by atoms with Gasteiger partial charge in [0.2, 0.25) is 0 Å². The molecular weight excluding hydrogens is 617 g/mol. The summed E-state index contributed by atoms with van der Waals surface area (Å²) in [6.07, 6.45) is 0. The van der Waals surface area contributed by atoms with Gasteiger partial charge in [0.1, 0.15) is 22.7 Å². The van der Waals surface area contributed by atoms with Crippen LogP contribution in [-0.4, -0.2) is 20.4 Å². The number of phenols is 2. The van der Waals surface area contributed by atoms with Crippen molar-refractivity contribution in [1.82, 2.24) is 0 Å². The number of hydrogen-bond donors (Lipinski definition) is 4. The molecule has 4 heteroatoms. The highest BCUT2D eigenvalue weighted by molar-refractivity contribution is 6.11. The van der Waals surface area contributed by atoms with Crippen molar-refractivity contribution in [2.24, 2.45) is 0 Å². The van der Waals surface area contributed by atoms with Crippen molar-refractivity contribution in [3.05, 3.63) is 191 Å². The molecule has 8 aromatic carbocycles. The van der Waals surface area contributed by atoms with Gasteiger partial charge in [0, 0.05) is 44.5 Å². The molecule has 0 saturated heterocycles. The second-order valence-electron chi connectivity index (χ2n) is 13.3. The van der Waals surface area contributed by atoms with E-state index >= 15 is 0 Å². The summed E-state index contributed by atoms with van der Waals surface area (Å²) in [5.74, 6) is -0.288. The molecular formula is C46H30O4. The molecule has 2 aliphatic carbocycles. The minimum atomic E-state index is -1.68. The van der Waals surface area contributed by atoms with Crippen molar-refractivity contribution in [3.8, 4) is 44.9 Å². The predicted octanol–water partition coefficient (Wildman–Crippen LogP) is 9.60. The van der Waals surface area contributed by atoms with Crippen LogP contribution < -0.4 is 0 Å². The summed E-state index contributed by atoms with van der Waals surface area (Å²) in [7, 11) is 0. The van der Waals surface area contributed by atoms with Crippen LogP contribution in [0.25, 0.3) is 54.9 Å². The third kappa shape index (κ3) is 3.56. The van der Waals surface area contributed by atoms with E-state index in [4.69, 9.17) is 0 Å². The molecule has 0 spiro atoms. The first-order chi connectivity index (χ1) is 24.4. The van der Waals surface area contributed by atoms with Crippen molar-refractivity contribution in [1.29, 1.82) is 0 Å². The van der Waals surface area contributed by atoms with Crippen LogP contribution >= 0.6 is 0 Å². The highest BCUT2D eigenvalue weighted by atomic mass is 16.3. The summed E-state index contributed by atoms with van der Waals surface area (Å²) in [4.78, 5) is 0. The first-order valence-corrected chi connectivity index (χ1v) is 16.8. The van der Waals surface area contributed by atoms with Crippen LogP contribution in [0.2, 0.25) is 0 Å². The Labute approximate surface area is 288 Å². The average molecular weight is 647 g/mol. The Kier molecular flexibility index (Phi) is 5.85. The summed E-state index contributed by atoms with van der Waals surface area (Å²) in [5, 5.41) is 54.4. The number of benzene rings is 8. The molecule has 0 atom stereocenters. The Hall–Kier alpha value is -6.20. The van der Waals surface area contributed by atoms with Crippen LogP contribution in [0.5, 0.6) is 11.5 Å². The summed E-state index contributed by atoms with van der Waals surface area (Å²) in [6, 6.07) is 50.1. The van der Waals surface area contributed by atoms with E-state index in [0.29, 0.717) is 55.3 Å². The molecule has 0 aliphatic heterocycles. The van der Waals surface area contributed by atoms with E-state index in [0.717, 1.165) is 33.0 Å². The SMILES string of the molecule is Oc1c(C2(O)c3ccccc3-c3ccccc32)cc2ccccc2c1-c1c(O)c(C2(O)c3ccccc3-c3ccccc32)cc2ccccc12. The van der Waals surface area contributed by atoms with Crippen molar-refractivity contribution in [2.75, 3.05) is 0 Å². The predicted molar refractivity (Wildman–Crippen MR) is 198 cm³/mol. The van der Waals surface area contributed by atoms with Gasteiger partial charge >= 0.3 is 0 Å². The van der Waals surface area contributed by atoms with Crippen LogP contribution in [0.3, 0.4) is 0 Å². The fraction of sp³-hybridized carbons (Fsp3) is 0.0435. The molecule has 0 heterocycles. The fourth-order valence-electron chi connectivity index (χ4n) is 8.74. The Balaban J connectivity index is 1.34. The van der Waals surface area contributed by atoms with E-state index in [-0.39, 0.29) is 11.5 Å². The van der Waals surface area contributed by atoms with Crippen LogP contribution in [0.15, 0.2) is 158 Å². The van der Waals surface area contributed by atoms with Crippen molar-refractivity contribution in [2.45, 2.75) is 11.2 Å². The molecule has 4 N–H and O–H groups in total. The molecule has 0 saturated carbocycles. The van der Waals surface area contributed by atoms with Crippen LogP contribution in [0, 0.1) is 0 Å². The van der Waals surface area contributed by atoms with E-state index in [1.807, 2.05) is 158 Å². The molecule has 8 aromatic rings. The average Bonchev–Trinajstić information content (AvgIpc) is 3.58. The zero-order valence-electron chi connectivity index (χ0n) is 26.8. The van der Waals surface area contributed by atoms with E-state index in [1.165, 1.54) is 0 Å². The Morgan fingerprint density at radius 3 is 0.940 bits per heavy atom. The van der Waals surface area contributed by atoms with Crippen LogP contribution in [-0.2, 0) is 11.2 Å². The van der Waals surface area contributed by atoms with Gasteiger partial charge in [-0.25, -0.2) is 0 Å². The standard InChI is InChI=1S/C46H30O4/c47-43-39(45(49)35-21-9-5-17-31(35)32-18-6-10-22-36(32)45)25-27-13-1-3-15-29(27)41(43)42-30-16-4-2-14-28(30)26-40(44(42)48)46(50)37-23-11-7-19-33(37)34-20-8-12-24-38(34)46/h1-26,47-50H. The second-order valence-corrected chi connectivity index (χ2v) is 13.3. The molecule has 0 radical (unpaired) electrons. The first-order valence-electron chi connectivity index (χ1n) is 16.8. The largest absolute Gasteiger partial charge is 0.507 e. The van der Waals surface area contributed by atoms with E-state index in [1.54, 1.807) is 0 Å². The van der Waals surface area contributed by atoms with Gasteiger partial charge in [-0.15, -0.1) is 0 Å². The topological polar surface area (TPSA) is 80.9 Å². The number of hydrogen-bond acceptors (Lipinski definition) is 4. The number of phenolic OH excluding ortho intramolecular Hbond substituents is 2. The third-order valence-corrected chi connectivity index (χ3v) is 10.9. The lowest BCUT2D eigenvalue weighted by Gasteiger charge is -2.31. The summed E-state index contributed by atoms with van der Waals surface area (Å²) < 4.78 is 0. The van der Waals surface area contributed by atoms with Gasteiger partial charge in [-0.3, -0.25) is 0 Å². The molecule has 0 aromatic heterocycles. The number of aromatic hydroxyl groups is 2. The molecule has 0 amide bonds. The molecule has 10 rings (SSSR count). The van der Waals surface area contributed by atoms with Crippen LogP contribution in [0.4, 0.5) is 0 Å². The maximum absolute atomic E-state index is 13.0. The van der Waals surface area contributed by atoms with Crippen molar-refractivity contribution in [3.63, 3.8) is 0 Å². The molecule has 50 heavy (non-hydrogen) atoms. The zero-order valence-corrected chi connectivity index (χ0v) is 26.8. The van der Waals surface area contributed by atoms with Gasteiger partial charge in [0.25, 0.3) is 0 Å². The Morgan fingerprint density at radius 1 is 0.320 bits per heavy atom. The summed E-state index contributed by atoms with van der Waals surface area (Å²) in [6.45, 7) is 0. The number of rotatable bonds is 3. The van der Waals surface area contributed by atoms with E-state index in [2.05, 4.69) is 0 Å². The normalized spacial score (nSPS) is 14.7. The maximum atomic E-state index is 13.0. The van der Waals surface area contributed by atoms with Gasteiger partial charge in [-0.2, -0.15) is 0 Å². The maximum Gasteiger partial charge on any atom is 0.145 e. The number of fused-ring (bicyclic) bond motifs is 8. The highest BCUT2D eigenvalue weighted by Crippen LogP contribution is 2.59. The van der Waals surface area contributed by atoms with Crippen LogP contribution in [0.1, 0.15) is 33.4 Å². The second kappa shape index (κ2) is 10.2. The highest BCUT2D eigenvalue weighted by Gasteiger charge is 2.47. The quantitative estimate of drug-likeness (QED) is 0.154. The molecule has 238 valence electrons. The van der Waals surface area contributed by atoms with E-state index in [9.17, 15) is 20.4 Å². The lowest BCUT2D eigenvalue weighted by molar-refractivity contribution is 0.127. The lowest BCUT2D eigenvalue weighted by Crippen LogP contribution is -2.27. The molecule has 2 aliphatic rings. The Morgan fingerprint density at radius 2 is 0.600 bits per heavy atom. The van der Waals surface area contributed by atoms with Gasteiger partial charge in [-0.1, -0.05) is 146 Å². The zero-order chi connectivity index (χ0) is 33.8. The summed E-state index contributed by atoms with van der Waals surface area (Å²) in [5.41, 5.74) is 4.32. The summed E-state index contributed by atoms with van der Waals surface area (Å²) >= 11 is 0. The number of aliphatic hydroxyl groups is 2. The molecule has 0 fully saturated rings. The first kappa shape index (κ1) is 28.8. The third-order valence-electron chi connectivity index (χ3n) is 10.9. The molecule has 0 bridgehead atoms. The van der Waals surface area contributed by atoms with Crippen molar-refractivity contribution >= 4 is 21.5 Å². The Bertz CT molecular complexity index is 2440.